The fraction of sp³-hybridized carbons (Fsp3) is 1.00. The van der Waals surface area contributed by atoms with E-state index in [0.717, 1.165) is 0 Å². The summed E-state index contributed by atoms with van der Waals surface area (Å²) in [4.78, 5) is 0. The highest BCUT2D eigenvalue weighted by Crippen LogP contribution is 2.43. The maximum atomic E-state index is 12.9. The summed E-state index contributed by atoms with van der Waals surface area (Å²) in [6, 6.07) is 0. The zero-order valence-corrected chi connectivity index (χ0v) is 23.2. The molecule has 0 aromatic heterocycles. The molecule has 45 heavy (non-hydrogen) atoms. The van der Waals surface area contributed by atoms with Gasteiger partial charge in [-0.25, -0.2) is 0 Å². The zero-order valence-electron chi connectivity index (χ0n) is 20.8. The summed E-state index contributed by atoms with van der Waals surface area (Å²) < 4.78 is 310. The lowest BCUT2D eigenvalue weighted by Gasteiger charge is -2.32. The van der Waals surface area contributed by atoms with E-state index in [1.54, 1.807) is 0 Å². The molecule has 0 atom stereocenters. The maximum Gasteiger partial charge on any atom is 0.416 e. The van der Waals surface area contributed by atoms with E-state index in [1.165, 1.54) is 0 Å². The van der Waals surface area contributed by atoms with Crippen LogP contribution in [0.5, 0.6) is 0 Å². The van der Waals surface area contributed by atoms with E-state index >= 15 is 0 Å². The van der Waals surface area contributed by atoms with Crippen molar-refractivity contribution in [3.63, 3.8) is 0 Å². The zero-order chi connectivity index (χ0) is 36.7. The molecule has 0 radical (unpaired) electrons. The standard InChI is InChI=1S/C15H14F18O9S3/c1-9(42-45(38,39)8(14(28,29)30)15(31,32)33,2-4-40-43(34,35)6(10(16,17)18)11(19,20)21)3-5-41-44(36,37)7(12(22,23)24)13(25,26)27/h6-8H,2-5H2,1H3. The summed E-state index contributed by atoms with van der Waals surface area (Å²) in [6.07, 6.45) is -44.5. The Balaban J connectivity index is 6.59. The lowest BCUT2D eigenvalue weighted by Crippen LogP contribution is -2.51. The number of hydrogen-bond acceptors (Lipinski definition) is 9. The van der Waals surface area contributed by atoms with E-state index in [1.807, 2.05) is 0 Å². The Hall–Kier alpha value is -1.53. The largest absolute Gasteiger partial charge is 0.416 e. The van der Waals surface area contributed by atoms with Crippen LogP contribution in [0.3, 0.4) is 0 Å². The molecule has 0 aliphatic carbocycles. The first-order chi connectivity index (χ1) is 19.2. The van der Waals surface area contributed by atoms with Crippen LogP contribution in [0.15, 0.2) is 0 Å². The minimum absolute atomic E-state index is 0.0870. The molecule has 0 aromatic rings. The van der Waals surface area contributed by atoms with E-state index in [-0.39, 0.29) is 6.92 Å². The van der Waals surface area contributed by atoms with Gasteiger partial charge in [0.25, 0.3) is 46.1 Å². The van der Waals surface area contributed by atoms with Crippen molar-refractivity contribution in [3.8, 4) is 0 Å². The van der Waals surface area contributed by atoms with Crippen LogP contribution in [-0.4, -0.2) is 96.9 Å². The van der Waals surface area contributed by atoms with E-state index in [9.17, 15) is 104 Å². The summed E-state index contributed by atoms with van der Waals surface area (Å²) in [5, 5.41) is -16.2. The topological polar surface area (TPSA) is 130 Å². The Morgan fingerprint density at radius 1 is 0.422 bits per heavy atom. The molecule has 272 valence electrons. The van der Waals surface area contributed by atoms with E-state index in [4.69, 9.17) is 0 Å². The fourth-order valence-electron chi connectivity index (χ4n) is 2.96. The third-order valence-corrected chi connectivity index (χ3v) is 9.68. The highest BCUT2D eigenvalue weighted by Gasteiger charge is 2.67. The highest BCUT2D eigenvalue weighted by molar-refractivity contribution is 7.88. The minimum Gasteiger partial charge on any atom is -0.269 e. The van der Waals surface area contributed by atoms with Crippen molar-refractivity contribution < 1.29 is 117 Å². The Morgan fingerprint density at radius 3 is 0.822 bits per heavy atom. The molecule has 0 fully saturated rings. The Kier molecular flexibility index (Phi) is 12.7. The predicted molar refractivity (Wildman–Crippen MR) is 105 cm³/mol. The number of halogens is 18. The molecule has 0 saturated heterocycles. The van der Waals surface area contributed by atoms with Gasteiger partial charge < -0.3 is 0 Å². The van der Waals surface area contributed by atoms with Crippen molar-refractivity contribution in [2.45, 2.75) is 78.2 Å². The second-order valence-corrected chi connectivity index (χ2v) is 13.6. The fourth-order valence-corrected chi connectivity index (χ4v) is 6.65. The highest BCUT2D eigenvalue weighted by atomic mass is 32.2. The van der Waals surface area contributed by atoms with Gasteiger partial charge in [-0.05, 0) is 6.92 Å². The first kappa shape index (κ1) is 43.5. The lowest BCUT2D eigenvalue weighted by atomic mass is 9.99. The number of rotatable bonds is 13. The van der Waals surface area contributed by atoms with Crippen molar-refractivity contribution in [1.82, 2.24) is 0 Å². The number of hydrogen-bond donors (Lipinski definition) is 0. The molecule has 0 aliphatic rings. The summed E-state index contributed by atoms with van der Waals surface area (Å²) in [5.74, 6) is 0. The molecule has 0 bridgehead atoms. The van der Waals surface area contributed by atoms with Crippen LogP contribution in [0, 0.1) is 0 Å². The van der Waals surface area contributed by atoms with Gasteiger partial charge in [0, 0.05) is 12.8 Å². The summed E-state index contributed by atoms with van der Waals surface area (Å²) >= 11 is 0. The molecule has 0 aromatic carbocycles. The second kappa shape index (κ2) is 13.2. The molecular weight excluding hydrogens is 762 g/mol. The third kappa shape index (κ3) is 12.5. The van der Waals surface area contributed by atoms with E-state index < -0.39 is 115 Å². The van der Waals surface area contributed by atoms with Crippen molar-refractivity contribution in [2.24, 2.45) is 0 Å². The lowest BCUT2D eigenvalue weighted by molar-refractivity contribution is -0.229. The molecule has 0 amide bonds. The van der Waals surface area contributed by atoms with Gasteiger partial charge in [0.1, 0.15) is 0 Å². The van der Waals surface area contributed by atoms with Crippen molar-refractivity contribution in [2.75, 3.05) is 13.2 Å². The van der Waals surface area contributed by atoms with E-state index in [0.29, 0.717) is 0 Å². The first-order valence-corrected chi connectivity index (χ1v) is 14.7. The summed E-state index contributed by atoms with van der Waals surface area (Å²) in [6.45, 7) is -4.64. The molecule has 0 heterocycles. The monoisotopic (exact) mass is 776 g/mol. The van der Waals surface area contributed by atoms with Crippen LogP contribution in [-0.2, 0) is 42.9 Å². The Labute approximate surface area is 239 Å². The molecule has 9 nitrogen and oxygen atoms in total. The maximum absolute atomic E-state index is 12.9. The van der Waals surface area contributed by atoms with Crippen LogP contribution in [0.1, 0.15) is 19.8 Å². The normalized spacial score (nSPS) is 15.9. The second-order valence-electron chi connectivity index (χ2n) is 8.55. The average molecular weight is 776 g/mol. The van der Waals surface area contributed by atoms with Crippen molar-refractivity contribution >= 4 is 30.4 Å². The van der Waals surface area contributed by atoms with Gasteiger partial charge >= 0.3 is 37.1 Å². The minimum atomic E-state index is -7.23. The average Bonchev–Trinajstić information content (AvgIpc) is 2.57. The summed E-state index contributed by atoms with van der Waals surface area (Å²) in [5.41, 5.74) is -3.66. The van der Waals surface area contributed by atoms with Crippen LogP contribution in [0.2, 0.25) is 0 Å². The van der Waals surface area contributed by atoms with Gasteiger partial charge in [-0.3, -0.25) is 12.5 Å². The molecule has 0 spiro atoms. The first-order valence-electron chi connectivity index (χ1n) is 10.3. The predicted octanol–water partition coefficient (Wildman–Crippen LogP) is 5.04. The molecule has 0 aliphatic heterocycles. The van der Waals surface area contributed by atoms with Gasteiger partial charge in [0.2, 0.25) is 0 Å². The van der Waals surface area contributed by atoms with Crippen molar-refractivity contribution in [1.29, 1.82) is 0 Å². The summed E-state index contributed by atoms with van der Waals surface area (Å²) in [7, 11) is -21.1. The van der Waals surface area contributed by atoms with Crippen LogP contribution < -0.4 is 0 Å². The number of alkyl halides is 18. The molecule has 0 unspecified atom stereocenters. The van der Waals surface area contributed by atoms with Gasteiger partial charge in [-0.15, -0.1) is 0 Å². The molecule has 0 saturated carbocycles. The van der Waals surface area contributed by atoms with Gasteiger partial charge in [-0.2, -0.15) is 104 Å². The molecule has 0 rings (SSSR count). The van der Waals surface area contributed by atoms with Gasteiger partial charge in [0.15, 0.2) is 0 Å². The van der Waals surface area contributed by atoms with E-state index in [2.05, 4.69) is 12.5 Å². The Morgan fingerprint density at radius 2 is 0.622 bits per heavy atom. The quantitative estimate of drug-likeness (QED) is 0.187. The molecular formula is C15H14F18O9S3. The van der Waals surface area contributed by atoms with Crippen LogP contribution in [0.25, 0.3) is 0 Å². The third-order valence-electron chi connectivity index (χ3n) is 4.72. The smallest absolute Gasteiger partial charge is 0.269 e. The SMILES string of the molecule is CC(CCOS(=O)(=O)C(C(F)(F)F)C(F)(F)F)(CCOS(=O)(=O)C(C(F)(F)F)C(F)(F)F)OS(=O)(=O)C(C(F)(F)F)C(F)(F)F. The van der Waals surface area contributed by atoms with Crippen molar-refractivity contribution in [3.05, 3.63) is 0 Å². The van der Waals surface area contributed by atoms with Gasteiger partial charge in [-0.1, -0.05) is 0 Å². The Bertz CT molecular complexity index is 1210. The molecule has 0 N–H and O–H groups in total. The molecule has 30 heteroatoms. The van der Waals surface area contributed by atoms with Crippen LogP contribution >= 0.6 is 0 Å². The van der Waals surface area contributed by atoms with Crippen LogP contribution in [0.4, 0.5) is 79.0 Å². The van der Waals surface area contributed by atoms with Gasteiger partial charge in [0.05, 0.1) is 18.8 Å².